The van der Waals surface area contributed by atoms with Crippen molar-refractivity contribution in [1.29, 1.82) is 0 Å². The van der Waals surface area contributed by atoms with Crippen LogP contribution >= 0.6 is 11.8 Å². The van der Waals surface area contributed by atoms with E-state index in [0.717, 1.165) is 38.5 Å². The predicted molar refractivity (Wildman–Crippen MR) is 90.7 cm³/mol. The van der Waals surface area contributed by atoms with Gasteiger partial charge in [0.05, 0.1) is 36.3 Å². The van der Waals surface area contributed by atoms with Crippen LogP contribution in [0.25, 0.3) is 0 Å². The fourth-order valence-corrected chi connectivity index (χ4v) is 4.92. The van der Waals surface area contributed by atoms with Crippen LogP contribution in [0.5, 0.6) is 0 Å². The van der Waals surface area contributed by atoms with Gasteiger partial charge in [-0.1, -0.05) is 11.8 Å². The Morgan fingerprint density at radius 3 is 1.64 bits per heavy atom. The Balaban J connectivity index is 1.17. The molecule has 4 aliphatic rings. The first kappa shape index (κ1) is 17.6. The molecule has 0 aromatic carbocycles. The van der Waals surface area contributed by atoms with Crippen molar-refractivity contribution in [2.75, 3.05) is 0 Å². The average molecular weight is 370 g/mol. The molecule has 0 radical (unpaired) electrons. The Morgan fingerprint density at radius 1 is 0.800 bits per heavy atom. The molecule has 140 valence electrons. The fraction of sp³-hybridized carbons (Fsp3) is 0.889. The number of esters is 2. The quantitative estimate of drug-likeness (QED) is 0.404. The second-order valence-electron chi connectivity index (χ2n) is 7.59. The minimum absolute atomic E-state index is 0.0571. The van der Waals surface area contributed by atoms with Gasteiger partial charge in [0, 0.05) is 0 Å². The zero-order valence-electron chi connectivity index (χ0n) is 14.7. The van der Waals surface area contributed by atoms with Gasteiger partial charge in [0.1, 0.15) is 10.9 Å². The van der Waals surface area contributed by atoms with Crippen molar-refractivity contribution in [2.24, 2.45) is 11.8 Å². The first-order valence-corrected chi connectivity index (χ1v) is 10.3. The number of epoxide rings is 2. The summed E-state index contributed by atoms with van der Waals surface area (Å²) in [4.78, 5) is 24.5. The van der Waals surface area contributed by atoms with Crippen molar-refractivity contribution >= 4 is 23.7 Å². The lowest BCUT2D eigenvalue weighted by atomic mass is 9.89. The summed E-state index contributed by atoms with van der Waals surface area (Å²) in [6, 6.07) is 0. The minimum atomic E-state index is -0.337. The van der Waals surface area contributed by atoms with Crippen LogP contribution in [0.15, 0.2) is 0 Å². The third-order valence-electron chi connectivity index (χ3n) is 5.62. The van der Waals surface area contributed by atoms with Crippen LogP contribution < -0.4 is 0 Å². The zero-order chi connectivity index (χ0) is 17.6. The highest BCUT2D eigenvalue weighted by atomic mass is 32.2. The monoisotopic (exact) mass is 370 g/mol. The molecule has 2 aliphatic heterocycles. The Morgan fingerprint density at radius 2 is 1.24 bits per heavy atom. The summed E-state index contributed by atoms with van der Waals surface area (Å²) < 4.78 is 22.0. The number of fused-ring (bicyclic) bond motifs is 2. The first-order chi connectivity index (χ1) is 12.0. The second kappa shape index (κ2) is 7.08. The minimum Gasteiger partial charge on any atom is -0.451 e. The van der Waals surface area contributed by atoms with Crippen molar-refractivity contribution in [2.45, 2.75) is 87.7 Å². The van der Waals surface area contributed by atoms with E-state index in [4.69, 9.17) is 18.9 Å². The van der Waals surface area contributed by atoms with Crippen molar-refractivity contribution in [3.05, 3.63) is 0 Å². The number of carbonyl (C=O) groups is 2. The van der Waals surface area contributed by atoms with E-state index >= 15 is 0 Å². The Labute approximate surface area is 152 Å². The fourth-order valence-electron chi connectivity index (χ4n) is 4.08. The molecule has 8 atom stereocenters. The number of thioether (sulfide) groups is 1. The Hall–Kier alpha value is -0.790. The lowest BCUT2D eigenvalue weighted by Gasteiger charge is -2.24. The van der Waals surface area contributed by atoms with Gasteiger partial charge in [-0.3, -0.25) is 9.59 Å². The standard InChI is InChI=1S/C18H26O6S/c1-9(21-17(19)11-3-5-13-15(7-11)23-13)25-10(2)22-18(20)12-4-6-14-16(8-12)24-14/h9-16H,3-8H2,1-2H3. The molecule has 0 aromatic rings. The molecule has 2 heterocycles. The van der Waals surface area contributed by atoms with E-state index in [9.17, 15) is 9.59 Å². The van der Waals surface area contributed by atoms with Crippen LogP contribution in [0.1, 0.15) is 52.4 Å². The van der Waals surface area contributed by atoms with Gasteiger partial charge in [0.2, 0.25) is 0 Å². The maximum Gasteiger partial charge on any atom is 0.310 e. The zero-order valence-corrected chi connectivity index (χ0v) is 15.5. The number of ether oxygens (including phenoxy) is 4. The molecule has 0 amide bonds. The van der Waals surface area contributed by atoms with E-state index in [-0.39, 0.29) is 46.9 Å². The van der Waals surface area contributed by atoms with E-state index in [1.165, 1.54) is 11.8 Å². The van der Waals surface area contributed by atoms with Crippen molar-refractivity contribution < 1.29 is 28.5 Å². The normalized spacial score (nSPS) is 40.9. The predicted octanol–water partition coefficient (Wildman–Crippen LogP) is 2.63. The third-order valence-corrected chi connectivity index (χ3v) is 6.58. The van der Waals surface area contributed by atoms with Gasteiger partial charge in [0.15, 0.2) is 0 Å². The van der Waals surface area contributed by atoms with Gasteiger partial charge in [-0.2, -0.15) is 0 Å². The van der Waals surface area contributed by atoms with Crippen LogP contribution in [-0.2, 0) is 28.5 Å². The van der Waals surface area contributed by atoms with Crippen LogP contribution in [-0.4, -0.2) is 47.2 Å². The maximum absolute atomic E-state index is 12.3. The largest absolute Gasteiger partial charge is 0.451 e. The summed E-state index contributed by atoms with van der Waals surface area (Å²) in [6.07, 6.45) is 6.42. The summed E-state index contributed by atoms with van der Waals surface area (Å²) >= 11 is 1.36. The van der Waals surface area contributed by atoms with Crippen molar-refractivity contribution in [3.8, 4) is 0 Å². The molecule has 4 fully saturated rings. The molecule has 2 saturated carbocycles. The number of hydrogen-bond acceptors (Lipinski definition) is 7. The smallest absolute Gasteiger partial charge is 0.310 e. The molecule has 6 nitrogen and oxygen atoms in total. The molecule has 0 N–H and O–H groups in total. The van der Waals surface area contributed by atoms with Crippen LogP contribution in [0.3, 0.4) is 0 Å². The highest BCUT2D eigenvalue weighted by Gasteiger charge is 2.47. The molecule has 7 heteroatoms. The van der Waals surface area contributed by atoms with Gasteiger partial charge < -0.3 is 18.9 Å². The second-order valence-corrected chi connectivity index (χ2v) is 9.19. The summed E-state index contributed by atoms with van der Waals surface area (Å²) in [5.41, 5.74) is -0.675. The molecular weight excluding hydrogens is 344 g/mol. The lowest BCUT2D eigenvalue weighted by Crippen LogP contribution is -2.28. The average Bonchev–Trinajstić information content (AvgIpc) is 3.46. The van der Waals surface area contributed by atoms with E-state index in [1.54, 1.807) is 0 Å². The number of hydrogen-bond donors (Lipinski definition) is 0. The SMILES string of the molecule is CC(OC(=O)C1CCC2OC2C1)SC(C)OC(=O)C1CCC2OC2C1. The Bertz CT molecular complexity index is 494. The van der Waals surface area contributed by atoms with E-state index in [0.29, 0.717) is 12.2 Å². The van der Waals surface area contributed by atoms with Gasteiger partial charge >= 0.3 is 11.9 Å². The maximum atomic E-state index is 12.3. The molecule has 0 aromatic heterocycles. The molecule has 2 saturated heterocycles. The third kappa shape index (κ3) is 4.31. The molecule has 2 aliphatic carbocycles. The van der Waals surface area contributed by atoms with Gasteiger partial charge in [-0.25, -0.2) is 0 Å². The van der Waals surface area contributed by atoms with Gasteiger partial charge in [-0.15, -0.1) is 0 Å². The van der Waals surface area contributed by atoms with Gasteiger partial charge in [0.25, 0.3) is 0 Å². The molecule has 0 spiro atoms. The molecule has 8 unspecified atom stereocenters. The highest BCUT2D eigenvalue weighted by molar-refractivity contribution is 8.00. The highest BCUT2D eigenvalue weighted by Crippen LogP contribution is 2.41. The van der Waals surface area contributed by atoms with Crippen LogP contribution in [0, 0.1) is 11.8 Å². The first-order valence-electron chi connectivity index (χ1n) is 9.37. The number of rotatable bonds is 6. The molecule has 4 rings (SSSR count). The topological polar surface area (TPSA) is 77.7 Å². The molecule has 25 heavy (non-hydrogen) atoms. The van der Waals surface area contributed by atoms with E-state index < -0.39 is 0 Å². The van der Waals surface area contributed by atoms with Crippen molar-refractivity contribution in [1.82, 2.24) is 0 Å². The van der Waals surface area contributed by atoms with Crippen LogP contribution in [0.2, 0.25) is 0 Å². The molecule has 0 bridgehead atoms. The van der Waals surface area contributed by atoms with Crippen molar-refractivity contribution in [3.63, 3.8) is 0 Å². The number of carbonyl (C=O) groups excluding carboxylic acids is 2. The summed E-state index contributed by atoms with van der Waals surface area (Å²) in [6.45, 7) is 3.66. The summed E-state index contributed by atoms with van der Waals surface area (Å²) in [5, 5.41) is 0. The van der Waals surface area contributed by atoms with Gasteiger partial charge in [-0.05, 0) is 52.4 Å². The Kier molecular flexibility index (Phi) is 4.99. The summed E-state index contributed by atoms with van der Waals surface area (Å²) in [5.74, 6) is -0.426. The lowest BCUT2D eigenvalue weighted by molar-refractivity contribution is -0.150. The summed E-state index contributed by atoms with van der Waals surface area (Å²) in [7, 11) is 0. The van der Waals surface area contributed by atoms with E-state index in [1.807, 2.05) is 13.8 Å². The van der Waals surface area contributed by atoms with E-state index in [2.05, 4.69) is 0 Å². The van der Waals surface area contributed by atoms with Crippen LogP contribution in [0.4, 0.5) is 0 Å². The molecular formula is C18H26O6S.